The number of phenolic OH excluding ortho intramolecular Hbond substituents is 1. The molecule has 0 saturated carbocycles. The van der Waals surface area contributed by atoms with E-state index in [0.29, 0.717) is 12.1 Å². The Bertz CT molecular complexity index is 572. The Morgan fingerprint density at radius 1 is 1.10 bits per heavy atom. The third-order valence-corrected chi connectivity index (χ3v) is 3.45. The topological polar surface area (TPSA) is 73.1 Å². The number of rotatable bonds is 6. The second kappa shape index (κ2) is 6.85. The first-order valence-corrected chi connectivity index (χ1v) is 6.72. The highest BCUT2D eigenvalue weighted by Crippen LogP contribution is 2.24. The minimum absolute atomic E-state index is 0.133. The molecule has 0 heterocycles. The molecule has 2 rings (SSSR count). The maximum absolute atomic E-state index is 11.1. The van der Waals surface area contributed by atoms with Gasteiger partial charge in [-0.25, -0.2) is 0 Å². The summed E-state index contributed by atoms with van der Waals surface area (Å²) in [6.45, 7) is 2.07. The van der Waals surface area contributed by atoms with Crippen LogP contribution in [-0.4, -0.2) is 21.3 Å². The molecule has 0 aliphatic carbocycles. The number of aromatic hydroxyl groups is 1. The number of hydrogen-bond donors (Lipinski definition) is 2. The molecule has 0 aromatic heterocycles. The van der Waals surface area contributed by atoms with Crippen molar-refractivity contribution in [1.29, 1.82) is 0 Å². The summed E-state index contributed by atoms with van der Waals surface area (Å²) in [4.78, 5) is 11.1. The van der Waals surface area contributed by atoms with Crippen molar-refractivity contribution in [1.82, 2.24) is 5.01 Å². The van der Waals surface area contributed by atoms with Crippen LogP contribution in [0.1, 0.15) is 24.2 Å². The van der Waals surface area contributed by atoms with E-state index in [9.17, 15) is 15.1 Å². The number of benzene rings is 2. The van der Waals surface area contributed by atoms with Crippen molar-refractivity contribution in [2.45, 2.75) is 25.6 Å². The molecule has 2 aromatic carbocycles. The molecule has 2 N–H and O–H groups in total. The van der Waals surface area contributed by atoms with E-state index in [1.165, 1.54) is 17.1 Å². The zero-order chi connectivity index (χ0) is 15.2. The third-order valence-electron chi connectivity index (χ3n) is 3.45. The third kappa shape index (κ3) is 3.79. The van der Waals surface area contributed by atoms with Gasteiger partial charge in [0.1, 0.15) is 11.9 Å². The smallest absolute Gasteiger partial charge is 0.115 e. The van der Waals surface area contributed by atoms with Gasteiger partial charge in [0.2, 0.25) is 0 Å². The monoisotopic (exact) mass is 286 g/mol. The number of aliphatic hydroxyl groups is 1. The Balaban J connectivity index is 2.10. The Labute approximate surface area is 123 Å². The summed E-state index contributed by atoms with van der Waals surface area (Å²) < 4.78 is 0. The van der Waals surface area contributed by atoms with E-state index >= 15 is 0 Å². The molecule has 1 unspecified atom stereocenters. The van der Waals surface area contributed by atoms with Crippen molar-refractivity contribution < 1.29 is 10.2 Å². The molecule has 0 aliphatic heterocycles. The van der Waals surface area contributed by atoms with Crippen molar-refractivity contribution in [3.63, 3.8) is 0 Å². The fourth-order valence-corrected chi connectivity index (χ4v) is 2.13. The molecule has 0 bridgehead atoms. The van der Waals surface area contributed by atoms with Crippen molar-refractivity contribution in [3.8, 4) is 5.75 Å². The van der Waals surface area contributed by atoms with Gasteiger partial charge in [0.05, 0.1) is 17.9 Å². The molecular formula is C16H18N2O3. The van der Waals surface area contributed by atoms with Crippen LogP contribution in [0, 0.1) is 4.91 Å². The summed E-state index contributed by atoms with van der Waals surface area (Å²) in [5, 5.41) is 23.9. The zero-order valence-corrected chi connectivity index (χ0v) is 11.8. The molecule has 21 heavy (non-hydrogen) atoms. The van der Waals surface area contributed by atoms with Crippen molar-refractivity contribution in [2.24, 2.45) is 5.29 Å². The molecule has 110 valence electrons. The quantitative estimate of drug-likeness (QED) is 0.632. The summed E-state index contributed by atoms with van der Waals surface area (Å²) in [6, 6.07) is 15.3. The number of aliphatic hydroxyl groups excluding tert-OH is 1. The van der Waals surface area contributed by atoms with Crippen LogP contribution < -0.4 is 0 Å². The predicted octanol–water partition coefficient (Wildman–Crippen LogP) is 3.00. The van der Waals surface area contributed by atoms with Crippen LogP contribution in [0.25, 0.3) is 0 Å². The minimum atomic E-state index is -0.869. The van der Waals surface area contributed by atoms with Crippen LogP contribution in [-0.2, 0) is 6.54 Å². The highest BCUT2D eigenvalue weighted by molar-refractivity contribution is 5.28. The number of nitrogens with zero attached hydrogens (tertiary/aromatic N) is 2. The lowest BCUT2D eigenvalue weighted by molar-refractivity contribution is 0.0537. The summed E-state index contributed by atoms with van der Waals surface area (Å²) in [7, 11) is 0. The first-order valence-electron chi connectivity index (χ1n) is 6.72. The van der Waals surface area contributed by atoms with Gasteiger partial charge in [-0.05, 0) is 30.2 Å². The molecular weight excluding hydrogens is 268 g/mol. The first-order chi connectivity index (χ1) is 10.1. The van der Waals surface area contributed by atoms with E-state index in [0.717, 1.165) is 5.56 Å². The normalized spacial score (nSPS) is 13.4. The zero-order valence-electron chi connectivity index (χ0n) is 11.8. The molecule has 0 fully saturated rings. The van der Waals surface area contributed by atoms with Crippen LogP contribution in [0.3, 0.4) is 0 Å². The van der Waals surface area contributed by atoms with Gasteiger partial charge in [0.15, 0.2) is 0 Å². The maximum Gasteiger partial charge on any atom is 0.115 e. The van der Waals surface area contributed by atoms with E-state index < -0.39 is 12.1 Å². The van der Waals surface area contributed by atoms with Crippen molar-refractivity contribution in [2.75, 3.05) is 0 Å². The second-order valence-corrected chi connectivity index (χ2v) is 4.94. The van der Waals surface area contributed by atoms with Crippen LogP contribution in [0.5, 0.6) is 5.75 Å². The minimum Gasteiger partial charge on any atom is -0.508 e. The Kier molecular flexibility index (Phi) is 4.90. The van der Waals surface area contributed by atoms with Crippen LogP contribution >= 0.6 is 0 Å². The molecule has 0 amide bonds. The molecule has 5 heteroatoms. The molecule has 0 aliphatic rings. The molecule has 5 nitrogen and oxygen atoms in total. The van der Waals surface area contributed by atoms with Crippen LogP contribution in [0.15, 0.2) is 59.9 Å². The highest BCUT2D eigenvalue weighted by Gasteiger charge is 2.23. The van der Waals surface area contributed by atoms with Gasteiger partial charge in [0, 0.05) is 0 Å². The van der Waals surface area contributed by atoms with E-state index in [-0.39, 0.29) is 5.75 Å². The Hall–Kier alpha value is -2.40. The van der Waals surface area contributed by atoms with Gasteiger partial charge in [-0.1, -0.05) is 42.5 Å². The maximum atomic E-state index is 11.1. The molecule has 2 atom stereocenters. The number of hydrogen-bond acceptors (Lipinski definition) is 4. The summed E-state index contributed by atoms with van der Waals surface area (Å²) in [5.74, 6) is 0.133. The average molecular weight is 286 g/mol. The summed E-state index contributed by atoms with van der Waals surface area (Å²) in [6.07, 6.45) is -0.869. The summed E-state index contributed by atoms with van der Waals surface area (Å²) >= 11 is 0. The van der Waals surface area contributed by atoms with Crippen molar-refractivity contribution >= 4 is 0 Å². The van der Waals surface area contributed by atoms with Gasteiger partial charge >= 0.3 is 0 Å². The van der Waals surface area contributed by atoms with E-state index in [1.54, 1.807) is 19.1 Å². The van der Waals surface area contributed by atoms with E-state index in [1.807, 2.05) is 30.3 Å². The molecule has 2 aromatic rings. The highest BCUT2D eigenvalue weighted by atomic mass is 16.3. The lowest BCUT2D eigenvalue weighted by atomic mass is 10.0. The average Bonchev–Trinajstić information content (AvgIpc) is 2.53. The van der Waals surface area contributed by atoms with Gasteiger partial charge in [-0.3, -0.25) is 5.01 Å². The first kappa shape index (κ1) is 15.0. The largest absolute Gasteiger partial charge is 0.508 e. The summed E-state index contributed by atoms with van der Waals surface area (Å²) in [5.41, 5.74) is 1.57. The van der Waals surface area contributed by atoms with Gasteiger partial charge in [-0.15, -0.1) is 4.91 Å². The van der Waals surface area contributed by atoms with Gasteiger partial charge < -0.3 is 10.2 Å². The standard InChI is InChI=1S/C16H18N2O3/c1-12(16(20)14-7-9-15(19)10-8-14)18(17-21)11-13-5-3-2-4-6-13/h2-10,12,16,19-20H,11H2,1H3/t12?,16-/m0/s1. The predicted molar refractivity (Wildman–Crippen MR) is 80.3 cm³/mol. The molecule has 0 saturated heterocycles. The van der Waals surface area contributed by atoms with E-state index in [2.05, 4.69) is 5.29 Å². The Morgan fingerprint density at radius 3 is 2.29 bits per heavy atom. The lowest BCUT2D eigenvalue weighted by Gasteiger charge is -2.27. The van der Waals surface area contributed by atoms with Crippen molar-refractivity contribution in [3.05, 3.63) is 70.6 Å². The lowest BCUT2D eigenvalue weighted by Crippen LogP contribution is -2.32. The van der Waals surface area contributed by atoms with Crippen LogP contribution in [0.4, 0.5) is 0 Å². The number of nitroso groups, excluding NO2 is 1. The van der Waals surface area contributed by atoms with Crippen LogP contribution in [0.2, 0.25) is 0 Å². The van der Waals surface area contributed by atoms with E-state index in [4.69, 9.17) is 0 Å². The second-order valence-electron chi connectivity index (χ2n) is 4.94. The van der Waals surface area contributed by atoms with Gasteiger partial charge in [-0.2, -0.15) is 0 Å². The number of phenols is 1. The Morgan fingerprint density at radius 2 is 1.71 bits per heavy atom. The fourth-order valence-electron chi connectivity index (χ4n) is 2.13. The fraction of sp³-hybridized carbons (Fsp3) is 0.250. The van der Waals surface area contributed by atoms with Gasteiger partial charge in [0.25, 0.3) is 0 Å². The SMILES string of the molecule is CC([C@H](O)c1ccc(O)cc1)N(Cc1ccccc1)N=O. The molecule has 0 spiro atoms. The molecule has 0 radical (unpaired) electrons.